The van der Waals surface area contributed by atoms with Crippen LogP contribution in [0.4, 0.5) is 0 Å². The number of nitrogens with zero attached hydrogens (tertiary/aromatic N) is 3. The summed E-state index contributed by atoms with van der Waals surface area (Å²) in [6.07, 6.45) is 5.13. The zero-order chi connectivity index (χ0) is 14.1. The van der Waals surface area contributed by atoms with Crippen LogP contribution in [-0.4, -0.2) is 45.4 Å². The molecule has 0 radical (unpaired) electrons. The monoisotopic (exact) mass is 304 g/mol. The summed E-state index contributed by atoms with van der Waals surface area (Å²) >= 11 is 1.68. The van der Waals surface area contributed by atoms with Gasteiger partial charge in [-0.2, -0.15) is 5.10 Å². The molecule has 1 saturated carbocycles. The first-order chi connectivity index (χ1) is 10.4. The third kappa shape index (κ3) is 2.52. The molecule has 0 aromatic carbocycles. The predicted molar refractivity (Wildman–Crippen MR) is 82.1 cm³/mol. The molecular formula is C15H20N4OS. The van der Waals surface area contributed by atoms with Gasteiger partial charge in [-0.15, -0.1) is 11.3 Å². The Labute approximate surface area is 128 Å². The van der Waals surface area contributed by atoms with Crippen LogP contribution in [0.5, 0.6) is 0 Å². The van der Waals surface area contributed by atoms with Crippen LogP contribution < -0.4 is 0 Å². The van der Waals surface area contributed by atoms with Gasteiger partial charge in [0.05, 0.1) is 24.6 Å². The first-order valence-corrected chi connectivity index (χ1v) is 8.52. The number of ether oxygens (including phenoxy) is 1. The van der Waals surface area contributed by atoms with Gasteiger partial charge in [-0.3, -0.25) is 10.00 Å². The second-order valence-corrected chi connectivity index (χ2v) is 6.94. The number of hydrogen-bond donors (Lipinski definition) is 1. The molecule has 5 nitrogen and oxygen atoms in total. The van der Waals surface area contributed by atoms with Gasteiger partial charge in [-0.1, -0.05) is 18.9 Å². The molecule has 2 aromatic heterocycles. The highest BCUT2D eigenvalue weighted by Crippen LogP contribution is 2.38. The van der Waals surface area contributed by atoms with Crippen molar-refractivity contribution >= 4 is 11.3 Å². The van der Waals surface area contributed by atoms with Gasteiger partial charge in [0, 0.05) is 12.1 Å². The lowest BCUT2D eigenvalue weighted by atomic mass is 9.95. The Hall–Kier alpha value is -1.24. The lowest BCUT2D eigenvalue weighted by Crippen LogP contribution is -2.54. The molecule has 1 aliphatic carbocycles. The van der Waals surface area contributed by atoms with Crippen molar-refractivity contribution < 1.29 is 4.74 Å². The number of aromatic amines is 1. The molecule has 1 N–H and O–H groups in total. The Balaban J connectivity index is 1.52. The summed E-state index contributed by atoms with van der Waals surface area (Å²) in [5.41, 5.74) is 0.244. The summed E-state index contributed by atoms with van der Waals surface area (Å²) in [7, 11) is 0. The Bertz CT molecular complexity index is 589. The lowest BCUT2D eigenvalue weighted by molar-refractivity contribution is -0.0712. The van der Waals surface area contributed by atoms with Crippen LogP contribution >= 0.6 is 11.3 Å². The van der Waals surface area contributed by atoms with E-state index in [-0.39, 0.29) is 5.54 Å². The van der Waals surface area contributed by atoms with Crippen molar-refractivity contribution in [3.63, 3.8) is 0 Å². The van der Waals surface area contributed by atoms with E-state index in [1.165, 1.54) is 25.7 Å². The fourth-order valence-electron chi connectivity index (χ4n) is 3.57. The van der Waals surface area contributed by atoms with Gasteiger partial charge >= 0.3 is 0 Å². The molecule has 0 atom stereocenters. The van der Waals surface area contributed by atoms with Crippen molar-refractivity contribution in [2.45, 2.75) is 37.8 Å². The number of morpholine rings is 1. The predicted octanol–water partition coefficient (Wildman–Crippen LogP) is 2.68. The molecule has 0 amide bonds. The van der Waals surface area contributed by atoms with E-state index in [1.807, 2.05) is 6.07 Å². The molecule has 6 heteroatoms. The van der Waals surface area contributed by atoms with Gasteiger partial charge in [-0.25, -0.2) is 4.98 Å². The molecule has 2 fully saturated rings. The van der Waals surface area contributed by atoms with Gasteiger partial charge in [-0.05, 0) is 24.3 Å². The molecule has 3 heterocycles. The van der Waals surface area contributed by atoms with Gasteiger partial charge in [0.1, 0.15) is 5.82 Å². The Morgan fingerprint density at radius 3 is 3.10 bits per heavy atom. The van der Waals surface area contributed by atoms with Crippen LogP contribution in [0.3, 0.4) is 0 Å². The summed E-state index contributed by atoms with van der Waals surface area (Å²) in [4.78, 5) is 8.34. The molecule has 21 heavy (non-hydrogen) atoms. The molecule has 1 saturated heterocycles. The number of nitrogens with one attached hydrogen (secondary N) is 1. The van der Waals surface area contributed by atoms with Crippen molar-refractivity contribution in [3.8, 4) is 10.7 Å². The lowest BCUT2D eigenvalue weighted by Gasteiger charge is -2.44. The minimum Gasteiger partial charge on any atom is -0.378 e. The molecule has 2 aliphatic rings. The van der Waals surface area contributed by atoms with E-state index in [0.29, 0.717) is 0 Å². The van der Waals surface area contributed by atoms with Gasteiger partial charge in [0.15, 0.2) is 5.82 Å². The number of H-pyrrole nitrogens is 1. The van der Waals surface area contributed by atoms with Crippen molar-refractivity contribution in [1.29, 1.82) is 0 Å². The summed E-state index contributed by atoms with van der Waals surface area (Å²) in [5, 5.41) is 9.52. The van der Waals surface area contributed by atoms with Crippen molar-refractivity contribution in [3.05, 3.63) is 23.3 Å². The standard InChI is InChI=1S/C15H20N4OS/c1-2-6-15(5-1)11-20-8-7-19(15)10-13-16-14(18-17-13)12-4-3-9-21-12/h3-4,9H,1-2,5-8,10-11H2,(H,16,17,18). The normalized spacial score (nSPS) is 22.1. The SMILES string of the molecule is c1csc(-c2n[nH]c(CN3CCOCC34CCCC4)n2)c1. The van der Waals surface area contributed by atoms with Crippen LogP contribution in [0, 0.1) is 0 Å². The summed E-state index contributed by atoms with van der Waals surface area (Å²) in [6, 6.07) is 4.09. The van der Waals surface area contributed by atoms with Crippen LogP contribution in [0.15, 0.2) is 17.5 Å². The van der Waals surface area contributed by atoms with Gasteiger partial charge < -0.3 is 4.74 Å². The van der Waals surface area contributed by atoms with Crippen molar-refractivity contribution in [2.24, 2.45) is 0 Å². The van der Waals surface area contributed by atoms with E-state index in [9.17, 15) is 0 Å². The van der Waals surface area contributed by atoms with Crippen molar-refractivity contribution in [2.75, 3.05) is 19.8 Å². The Kier molecular flexibility index (Phi) is 3.52. The molecule has 0 bridgehead atoms. The maximum atomic E-state index is 5.75. The zero-order valence-corrected chi connectivity index (χ0v) is 12.9. The van der Waals surface area contributed by atoms with Gasteiger partial charge in [0.25, 0.3) is 0 Å². The molecule has 0 unspecified atom stereocenters. The van der Waals surface area contributed by atoms with E-state index >= 15 is 0 Å². The molecule has 1 aliphatic heterocycles. The van der Waals surface area contributed by atoms with E-state index in [4.69, 9.17) is 4.74 Å². The minimum atomic E-state index is 0.244. The number of hydrogen-bond acceptors (Lipinski definition) is 5. The largest absolute Gasteiger partial charge is 0.378 e. The van der Waals surface area contributed by atoms with Crippen LogP contribution in [-0.2, 0) is 11.3 Å². The zero-order valence-electron chi connectivity index (χ0n) is 12.0. The molecule has 1 spiro atoms. The quantitative estimate of drug-likeness (QED) is 0.947. The first kappa shape index (κ1) is 13.4. The average molecular weight is 304 g/mol. The second kappa shape index (κ2) is 5.51. The fourth-order valence-corrected chi connectivity index (χ4v) is 4.23. The highest BCUT2D eigenvalue weighted by Gasteiger charge is 2.42. The maximum absolute atomic E-state index is 5.75. The molecule has 4 rings (SSSR count). The van der Waals surface area contributed by atoms with E-state index in [1.54, 1.807) is 11.3 Å². The fraction of sp³-hybridized carbons (Fsp3) is 0.600. The number of aromatic nitrogens is 3. The van der Waals surface area contributed by atoms with Crippen LogP contribution in [0.1, 0.15) is 31.5 Å². The van der Waals surface area contributed by atoms with Gasteiger partial charge in [0.2, 0.25) is 0 Å². The molecular weight excluding hydrogens is 284 g/mol. The topological polar surface area (TPSA) is 54.0 Å². The average Bonchev–Trinajstić information content (AvgIpc) is 3.22. The highest BCUT2D eigenvalue weighted by atomic mass is 32.1. The maximum Gasteiger partial charge on any atom is 0.191 e. The third-order valence-corrected chi connectivity index (χ3v) is 5.56. The first-order valence-electron chi connectivity index (χ1n) is 7.64. The van der Waals surface area contributed by atoms with E-state index < -0.39 is 0 Å². The second-order valence-electron chi connectivity index (χ2n) is 5.99. The summed E-state index contributed by atoms with van der Waals surface area (Å²) in [5.74, 6) is 1.78. The molecule has 2 aromatic rings. The van der Waals surface area contributed by atoms with Crippen molar-refractivity contribution in [1.82, 2.24) is 20.1 Å². The Morgan fingerprint density at radius 1 is 1.38 bits per heavy atom. The summed E-state index contributed by atoms with van der Waals surface area (Å²) < 4.78 is 5.75. The highest BCUT2D eigenvalue weighted by molar-refractivity contribution is 7.13. The molecule has 112 valence electrons. The smallest absolute Gasteiger partial charge is 0.191 e. The van der Waals surface area contributed by atoms with E-state index in [0.717, 1.165) is 42.8 Å². The van der Waals surface area contributed by atoms with Crippen LogP contribution in [0.25, 0.3) is 10.7 Å². The minimum absolute atomic E-state index is 0.244. The summed E-state index contributed by atoms with van der Waals surface area (Å²) in [6.45, 7) is 3.54. The Morgan fingerprint density at radius 2 is 2.29 bits per heavy atom. The number of rotatable bonds is 3. The van der Waals surface area contributed by atoms with E-state index in [2.05, 4.69) is 31.5 Å². The third-order valence-electron chi connectivity index (χ3n) is 4.70. The number of thiophene rings is 1. The van der Waals surface area contributed by atoms with Crippen LogP contribution in [0.2, 0.25) is 0 Å².